The molecule has 1 amide bonds. The molecule has 7 heteroatoms. The number of hydrogen-bond acceptors (Lipinski definition) is 5. The minimum atomic E-state index is -0.533. The summed E-state index contributed by atoms with van der Waals surface area (Å²) in [6.07, 6.45) is 0.0298. The molecule has 1 saturated heterocycles. The Morgan fingerprint density at radius 1 is 1.00 bits per heavy atom. The summed E-state index contributed by atoms with van der Waals surface area (Å²) in [5, 5.41) is 0. The molecule has 0 saturated carbocycles. The summed E-state index contributed by atoms with van der Waals surface area (Å²) in [7, 11) is 1.29. The number of ether oxygens (including phenoxy) is 2. The maximum atomic E-state index is 12.4. The van der Waals surface area contributed by atoms with Crippen LogP contribution in [0.3, 0.4) is 0 Å². The van der Waals surface area contributed by atoms with E-state index in [1.165, 1.54) is 0 Å². The molecule has 1 fully saturated rings. The monoisotopic (exact) mass is 467 g/mol. The van der Waals surface area contributed by atoms with Gasteiger partial charge in [0.15, 0.2) is 0 Å². The van der Waals surface area contributed by atoms with Crippen molar-refractivity contribution in [3.8, 4) is 5.75 Å². The Hall–Kier alpha value is -2.51. The summed E-state index contributed by atoms with van der Waals surface area (Å²) in [6, 6.07) is 17.9. The highest BCUT2D eigenvalue weighted by Gasteiger charge is 2.51. The van der Waals surface area contributed by atoms with E-state index in [1.54, 1.807) is 11.9 Å². The predicted molar refractivity (Wildman–Crippen MR) is 135 cm³/mol. The molecule has 0 radical (unpaired) electrons. The molecule has 0 aliphatic carbocycles. The third kappa shape index (κ3) is 6.54. The van der Waals surface area contributed by atoms with Crippen molar-refractivity contribution in [2.75, 3.05) is 13.6 Å². The fraction of sp³-hybridized carbons (Fsp3) is 0.519. The van der Waals surface area contributed by atoms with Crippen LogP contribution in [0.15, 0.2) is 54.6 Å². The average molecular weight is 467 g/mol. The molecule has 1 atom stereocenters. The number of carbonyl (C=O) groups is 1. The Labute approximate surface area is 204 Å². The third-order valence-electron chi connectivity index (χ3n) is 6.27. The molecule has 0 aromatic heterocycles. The number of carbonyl (C=O) groups excluding carboxylic acids is 1. The van der Waals surface area contributed by atoms with Crippen LogP contribution in [0.25, 0.3) is 0 Å². The molecule has 1 aliphatic rings. The van der Waals surface area contributed by atoms with Crippen molar-refractivity contribution in [2.45, 2.75) is 77.8 Å². The first-order valence-electron chi connectivity index (χ1n) is 11.9. The van der Waals surface area contributed by atoms with Crippen molar-refractivity contribution in [2.24, 2.45) is 0 Å². The summed E-state index contributed by atoms with van der Waals surface area (Å²) in [6.45, 7) is 14.2. The highest BCUT2D eigenvalue weighted by molar-refractivity contribution is 6.62. The van der Waals surface area contributed by atoms with E-state index in [0.717, 1.165) is 16.8 Å². The van der Waals surface area contributed by atoms with Crippen molar-refractivity contribution >= 4 is 18.7 Å². The second-order valence-corrected chi connectivity index (χ2v) is 10.9. The summed E-state index contributed by atoms with van der Waals surface area (Å²) in [5.74, 6) is 0.723. The lowest BCUT2D eigenvalue weighted by Gasteiger charge is -2.32. The summed E-state index contributed by atoms with van der Waals surface area (Å²) < 4.78 is 24.3. The van der Waals surface area contributed by atoms with Crippen molar-refractivity contribution in [1.82, 2.24) is 4.90 Å². The zero-order valence-corrected chi connectivity index (χ0v) is 21.8. The van der Waals surface area contributed by atoms with Gasteiger partial charge in [-0.3, -0.25) is 0 Å². The first-order chi connectivity index (χ1) is 15.8. The maximum absolute atomic E-state index is 12.4. The molecule has 6 nitrogen and oxygen atoms in total. The van der Waals surface area contributed by atoms with Crippen molar-refractivity contribution in [3.63, 3.8) is 0 Å². The highest BCUT2D eigenvalue weighted by Crippen LogP contribution is 2.36. The van der Waals surface area contributed by atoms with Gasteiger partial charge in [0.2, 0.25) is 0 Å². The van der Waals surface area contributed by atoms with Gasteiger partial charge in [-0.15, -0.1) is 0 Å². The van der Waals surface area contributed by atoms with Crippen LogP contribution < -0.4 is 10.2 Å². The minimum Gasteiger partial charge on any atom is -0.486 e. The number of hydrogen-bond donors (Lipinski definition) is 0. The van der Waals surface area contributed by atoms with E-state index in [0.29, 0.717) is 13.0 Å². The van der Waals surface area contributed by atoms with Gasteiger partial charge in [0.25, 0.3) is 0 Å². The van der Waals surface area contributed by atoms with Crippen LogP contribution in [0, 0.1) is 0 Å². The lowest BCUT2D eigenvalue weighted by atomic mass is 9.79. The van der Waals surface area contributed by atoms with Crippen LogP contribution in [0.2, 0.25) is 0 Å². The SMILES string of the molecule is CN(CC[C@H](Oc1cccc(B2OC(C)(C)C(C)(C)O2)c1)c1ccccc1)C(=O)OC(C)(C)C. The molecule has 0 bridgehead atoms. The molecule has 184 valence electrons. The largest absolute Gasteiger partial charge is 0.494 e. The Morgan fingerprint density at radius 3 is 2.21 bits per heavy atom. The first kappa shape index (κ1) is 26.1. The second-order valence-electron chi connectivity index (χ2n) is 10.9. The number of amides is 1. The number of rotatable bonds is 7. The van der Waals surface area contributed by atoms with E-state index in [2.05, 4.69) is 0 Å². The minimum absolute atomic E-state index is 0.236. The van der Waals surface area contributed by atoms with Gasteiger partial charge in [-0.05, 0) is 71.6 Å². The summed E-state index contributed by atoms with van der Waals surface area (Å²) >= 11 is 0. The average Bonchev–Trinajstić information content (AvgIpc) is 2.97. The molecule has 3 rings (SSSR count). The van der Waals surface area contributed by atoms with E-state index >= 15 is 0 Å². The van der Waals surface area contributed by atoms with Crippen molar-refractivity contribution in [1.29, 1.82) is 0 Å². The molecule has 0 spiro atoms. The molecule has 2 aromatic carbocycles. The quantitative estimate of drug-likeness (QED) is 0.513. The van der Waals surface area contributed by atoms with Gasteiger partial charge in [-0.1, -0.05) is 42.5 Å². The number of benzene rings is 2. The van der Waals surface area contributed by atoms with Crippen LogP contribution in [0.4, 0.5) is 4.79 Å². The molecular formula is C27H38BNO5. The van der Waals surface area contributed by atoms with Gasteiger partial charge >= 0.3 is 13.2 Å². The fourth-order valence-electron chi connectivity index (χ4n) is 3.58. The topological polar surface area (TPSA) is 57.2 Å². The summed E-state index contributed by atoms with van der Waals surface area (Å²) in [5.41, 5.74) is 0.602. The molecule has 0 unspecified atom stereocenters. The van der Waals surface area contributed by atoms with Gasteiger partial charge < -0.3 is 23.7 Å². The lowest BCUT2D eigenvalue weighted by Crippen LogP contribution is -2.41. The fourth-order valence-corrected chi connectivity index (χ4v) is 3.58. The highest BCUT2D eigenvalue weighted by atomic mass is 16.7. The van der Waals surface area contributed by atoms with Crippen molar-refractivity contribution < 1.29 is 23.6 Å². The standard InChI is InChI=1S/C27H38BNO5/c1-25(2,3)32-24(30)29(8)18-17-23(20-13-10-9-11-14-20)31-22-16-12-15-21(19-22)28-33-26(4,5)27(6,7)34-28/h9-16,19,23H,17-18H2,1-8H3/t23-/m0/s1. The van der Waals surface area contributed by atoms with Crippen LogP contribution in [-0.4, -0.2) is 48.5 Å². The molecule has 0 N–H and O–H groups in total. The third-order valence-corrected chi connectivity index (χ3v) is 6.27. The molecule has 1 aliphatic heterocycles. The Balaban J connectivity index is 1.74. The lowest BCUT2D eigenvalue weighted by molar-refractivity contribution is 0.00578. The van der Waals surface area contributed by atoms with E-state index < -0.39 is 23.9 Å². The Bertz CT molecular complexity index is 954. The zero-order valence-electron chi connectivity index (χ0n) is 21.8. The Kier molecular flexibility index (Phi) is 7.68. The molecule has 2 aromatic rings. The molecular weight excluding hydrogens is 429 g/mol. The van der Waals surface area contributed by atoms with E-state index in [4.69, 9.17) is 18.8 Å². The van der Waals surface area contributed by atoms with Gasteiger partial charge in [0.05, 0.1) is 11.2 Å². The predicted octanol–water partition coefficient (Wildman–Crippen LogP) is 5.36. The van der Waals surface area contributed by atoms with E-state index in [-0.39, 0.29) is 12.2 Å². The van der Waals surface area contributed by atoms with Crippen LogP contribution in [0.1, 0.15) is 66.6 Å². The van der Waals surface area contributed by atoms with Crippen LogP contribution in [-0.2, 0) is 14.0 Å². The van der Waals surface area contributed by atoms with Crippen LogP contribution in [0.5, 0.6) is 5.75 Å². The van der Waals surface area contributed by atoms with Gasteiger partial charge in [-0.25, -0.2) is 4.79 Å². The Morgan fingerprint density at radius 2 is 1.62 bits per heavy atom. The number of nitrogens with zero attached hydrogens (tertiary/aromatic N) is 1. The second kappa shape index (κ2) is 10.0. The first-order valence-corrected chi connectivity index (χ1v) is 11.9. The van der Waals surface area contributed by atoms with Crippen molar-refractivity contribution in [3.05, 3.63) is 60.2 Å². The van der Waals surface area contributed by atoms with E-state index in [9.17, 15) is 4.79 Å². The molecule has 34 heavy (non-hydrogen) atoms. The van der Waals surface area contributed by atoms with Gasteiger partial charge in [0.1, 0.15) is 17.5 Å². The van der Waals surface area contributed by atoms with Gasteiger partial charge in [0, 0.05) is 20.0 Å². The van der Waals surface area contributed by atoms with E-state index in [1.807, 2.05) is 103 Å². The molecule has 1 heterocycles. The van der Waals surface area contributed by atoms with Crippen LogP contribution >= 0.6 is 0 Å². The smallest absolute Gasteiger partial charge is 0.486 e. The summed E-state index contributed by atoms with van der Waals surface area (Å²) in [4.78, 5) is 14.0. The zero-order chi connectivity index (χ0) is 25.1. The normalized spacial score (nSPS) is 17.8. The maximum Gasteiger partial charge on any atom is 0.494 e. The van der Waals surface area contributed by atoms with Gasteiger partial charge in [-0.2, -0.15) is 0 Å².